The zero-order valence-corrected chi connectivity index (χ0v) is 19.2. The molecule has 0 saturated carbocycles. The highest BCUT2D eigenvalue weighted by atomic mass is 35.5. The molecule has 4 rings (SSSR count). The number of methoxy groups -OCH3 is 1. The Labute approximate surface area is 200 Å². The van der Waals surface area contributed by atoms with E-state index in [1.54, 1.807) is 24.3 Å². The SMILES string of the molecule is COc1ccc(C(=O)CN(C(=O)c2ccc(Cl)cc2Cl)N2C(=O)[C@@H]3CC=CC[C@H]3C2=O)cc1. The fourth-order valence-corrected chi connectivity index (χ4v) is 4.55. The van der Waals surface area contributed by atoms with Crippen LogP contribution in [-0.4, -0.2) is 47.2 Å². The van der Waals surface area contributed by atoms with E-state index in [1.165, 1.54) is 25.3 Å². The van der Waals surface area contributed by atoms with Crippen LogP contribution in [0.15, 0.2) is 54.6 Å². The molecule has 0 bridgehead atoms. The number of carbonyl (C=O) groups excluding carboxylic acids is 4. The minimum Gasteiger partial charge on any atom is -0.497 e. The zero-order chi connectivity index (χ0) is 23.7. The van der Waals surface area contributed by atoms with E-state index in [4.69, 9.17) is 27.9 Å². The maximum atomic E-state index is 13.5. The van der Waals surface area contributed by atoms with E-state index in [2.05, 4.69) is 0 Å². The number of ether oxygens (including phenoxy) is 1. The highest BCUT2D eigenvalue weighted by Crippen LogP contribution is 2.36. The summed E-state index contributed by atoms with van der Waals surface area (Å²) in [7, 11) is 1.51. The molecule has 1 aliphatic heterocycles. The summed E-state index contributed by atoms with van der Waals surface area (Å²) >= 11 is 12.2. The van der Waals surface area contributed by atoms with Crippen LogP contribution < -0.4 is 4.74 Å². The quantitative estimate of drug-likeness (QED) is 0.347. The van der Waals surface area contributed by atoms with Crippen LogP contribution in [0.5, 0.6) is 5.75 Å². The smallest absolute Gasteiger partial charge is 0.274 e. The van der Waals surface area contributed by atoms with E-state index in [0.717, 1.165) is 10.0 Å². The molecular formula is C24H20Cl2N2O5. The summed E-state index contributed by atoms with van der Waals surface area (Å²) in [5, 5.41) is 2.08. The van der Waals surface area contributed by atoms with Crippen molar-refractivity contribution in [2.45, 2.75) is 12.8 Å². The Morgan fingerprint density at radius 3 is 2.15 bits per heavy atom. The molecule has 2 atom stereocenters. The number of nitrogens with zero attached hydrogens (tertiary/aromatic N) is 2. The molecule has 33 heavy (non-hydrogen) atoms. The summed E-state index contributed by atoms with van der Waals surface area (Å²) < 4.78 is 5.11. The van der Waals surface area contributed by atoms with Gasteiger partial charge in [-0.25, -0.2) is 5.01 Å². The average Bonchev–Trinajstić information content (AvgIpc) is 3.07. The summed E-state index contributed by atoms with van der Waals surface area (Å²) in [5.41, 5.74) is 0.325. The van der Waals surface area contributed by atoms with Gasteiger partial charge < -0.3 is 4.74 Å². The molecule has 170 valence electrons. The number of hydrazine groups is 1. The third-order valence-electron chi connectivity index (χ3n) is 5.83. The Hall–Kier alpha value is -3.16. The number of Topliss-reactive ketones (excluding diaryl/α,β-unsaturated/α-hetero) is 1. The number of ketones is 1. The van der Waals surface area contributed by atoms with Crippen molar-refractivity contribution in [3.05, 3.63) is 75.8 Å². The van der Waals surface area contributed by atoms with Gasteiger partial charge >= 0.3 is 0 Å². The van der Waals surface area contributed by atoms with Crippen LogP contribution >= 0.6 is 23.2 Å². The molecule has 1 heterocycles. The van der Waals surface area contributed by atoms with Gasteiger partial charge in [-0.3, -0.25) is 19.2 Å². The van der Waals surface area contributed by atoms with Crippen LogP contribution in [0.4, 0.5) is 0 Å². The third-order valence-corrected chi connectivity index (χ3v) is 6.37. The molecular weight excluding hydrogens is 467 g/mol. The Balaban J connectivity index is 1.70. The zero-order valence-electron chi connectivity index (χ0n) is 17.7. The van der Waals surface area contributed by atoms with E-state index in [1.807, 2.05) is 12.2 Å². The van der Waals surface area contributed by atoms with E-state index in [0.29, 0.717) is 29.2 Å². The Kier molecular flexibility index (Phi) is 6.54. The molecule has 3 amide bonds. The van der Waals surface area contributed by atoms with E-state index < -0.39 is 41.9 Å². The van der Waals surface area contributed by atoms with Crippen LogP contribution in [0.1, 0.15) is 33.6 Å². The molecule has 0 unspecified atom stereocenters. The molecule has 0 radical (unpaired) electrons. The van der Waals surface area contributed by atoms with Crippen molar-refractivity contribution < 1.29 is 23.9 Å². The van der Waals surface area contributed by atoms with Crippen molar-refractivity contribution >= 4 is 46.7 Å². The van der Waals surface area contributed by atoms with Crippen LogP contribution in [0.25, 0.3) is 0 Å². The summed E-state index contributed by atoms with van der Waals surface area (Å²) in [6.07, 6.45) is 4.50. The standard InChI is InChI=1S/C24H20Cl2N2O5/c1-33-16-9-6-14(7-10-16)21(29)13-27(22(30)19-11-8-15(25)12-20(19)26)28-23(31)17-4-2-3-5-18(17)24(28)32/h2-3,6-12,17-18H,4-5,13H2,1H3/t17-,18-/m1/s1. The van der Waals surface area contributed by atoms with Gasteiger partial charge in [0.25, 0.3) is 17.7 Å². The topological polar surface area (TPSA) is 84.0 Å². The van der Waals surface area contributed by atoms with Crippen molar-refractivity contribution in [1.29, 1.82) is 0 Å². The number of imide groups is 1. The molecule has 0 aromatic heterocycles. The van der Waals surface area contributed by atoms with Gasteiger partial charge in [-0.15, -0.1) is 0 Å². The summed E-state index contributed by atoms with van der Waals surface area (Å²) in [5.74, 6) is -2.76. The maximum absolute atomic E-state index is 13.5. The lowest BCUT2D eigenvalue weighted by atomic mass is 9.85. The first-order valence-corrected chi connectivity index (χ1v) is 11.0. The van der Waals surface area contributed by atoms with Gasteiger partial charge in [0.1, 0.15) is 12.3 Å². The molecule has 9 heteroatoms. The van der Waals surface area contributed by atoms with Gasteiger partial charge in [0.05, 0.1) is 29.5 Å². The second kappa shape index (κ2) is 9.37. The fourth-order valence-electron chi connectivity index (χ4n) is 4.06. The summed E-state index contributed by atoms with van der Waals surface area (Å²) in [6, 6.07) is 10.6. The average molecular weight is 487 g/mol. The molecule has 1 fully saturated rings. The largest absolute Gasteiger partial charge is 0.497 e. The van der Waals surface area contributed by atoms with Crippen molar-refractivity contribution in [1.82, 2.24) is 10.0 Å². The second-order valence-electron chi connectivity index (χ2n) is 7.78. The van der Waals surface area contributed by atoms with Crippen LogP contribution in [0, 0.1) is 11.8 Å². The number of fused-ring (bicyclic) bond motifs is 1. The first-order chi connectivity index (χ1) is 15.8. The monoisotopic (exact) mass is 486 g/mol. The third kappa shape index (κ3) is 4.38. The molecule has 1 aliphatic carbocycles. The molecule has 2 aromatic rings. The molecule has 2 aromatic carbocycles. The van der Waals surface area contributed by atoms with Gasteiger partial charge in [-0.1, -0.05) is 35.4 Å². The highest BCUT2D eigenvalue weighted by molar-refractivity contribution is 6.36. The summed E-state index contributed by atoms with van der Waals surface area (Å²) in [6.45, 7) is -0.519. The summed E-state index contributed by atoms with van der Waals surface area (Å²) in [4.78, 5) is 52.9. The van der Waals surface area contributed by atoms with E-state index in [9.17, 15) is 19.2 Å². The van der Waals surface area contributed by atoms with Gasteiger partial charge in [-0.05, 0) is 55.3 Å². The minimum atomic E-state index is -0.744. The van der Waals surface area contributed by atoms with E-state index >= 15 is 0 Å². The first-order valence-electron chi connectivity index (χ1n) is 10.3. The number of halogens is 2. The lowest BCUT2D eigenvalue weighted by Crippen LogP contribution is -2.52. The number of carbonyl (C=O) groups is 4. The minimum absolute atomic E-state index is 0.0252. The molecule has 0 spiro atoms. The number of hydrogen-bond donors (Lipinski definition) is 0. The Morgan fingerprint density at radius 1 is 1.00 bits per heavy atom. The van der Waals surface area contributed by atoms with Crippen LogP contribution in [0.2, 0.25) is 10.0 Å². The Morgan fingerprint density at radius 2 is 1.61 bits per heavy atom. The van der Waals surface area contributed by atoms with Crippen molar-refractivity contribution in [2.24, 2.45) is 11.8 Å². The van der Waals surface area contributed by atoms with Crippen molar-refractivity contribution in [3.63, 3.8) is 0 Å². The maximum Gasteiger partial charge on any atom is 0.274 e. The van der Waals surface area contributed by atoms with Crippen molar-refractivity contribution in [2.75, 3.05) is 13.7 Å². The number of allylic oxidation sites excluding steroid dienone is 2. The molecule has 1 saturated heterocycles. The predicted molar refractivity (Wildman–Crippen MR) is 122 cm³/mol. The first kappa shape index (κ1) is 23.0. The van der Waals surface area contributed by atoms with Crippen LogP contribution in [-0.2, 0) is 9.59 Å². The van der Waals surface area contributed by atoms with Gasteiger partial charge in [-0.2, -0.15) is 5.01 Å². The van der Waals surface area contributed by atoms with Gasteiger partial charge in [0.2, 0.25) is 0 Å². The number of amides is 3. The lowest BCUT2D eigenvalue weighted by molar-refractivity contribution is -0.154. The second-order valence-corrected chi connectivity index (χ2v) is 8.63. The molecule has 0 N–H and O–H groups in total. The van der Waals surface area contributed by atoms with Crippen molar-refractivity contribution in [3.8, 4) is 5.75 Å². The number of benzene rings is 2. The number of rotatable bonds is 6. The van der Waals surface area contributed by atoms with Gasteiger partial charge in [0.15, 0.2) is 5.78 Å². The van der Waals surface area contributed by atoms with E-state index in [-0.39, 0.29) is 10.6 Å². The molecule has 7 nitrogen and oxygen atoms in total. The highest BCUT2D eigenvalue weighted by Gasteiger charge is 2.51. The number of hydrogen-bond acceptors (Lipinski definition) is 5. The van der Waals surface area contributed by atoms with Crippen LogP contribution in [0.3, 0.4) is 0 Å². The Bertz CT molecular complexity index is 1140. The molecule has 2 aliphatic rings. The predicted octanol–water partition coefficient (Wildman–Crippen LogP) is 4.19. The fraction of sp³-hybridized carbons (Fsp3) is 0.250. The lowest BCUT2D eigenvalue weighted by Gasteiger charge is -2.30. The normalized spacial score (nSPS) is 19.4. The van der Waals surface area contributed by atoms with Gasteiger partial charge in [0, 0.05) is 10.6 Å².